The van der Waals surface area contributed by atoms with Crippen LogP contribution in [0.1, 0.15) is 59.1 Å². The molecule has 5 heteroatoms. The Hall–Kier alpha value is -2.85. The van der Waals surface area contributed by atoms with Crippen LogP contribution < -0.4 is 10.7 Å². The molecular weight excluding hydrogens is 408 g/mol. The van der Waals surface area contributed by atoms with E-state index < -0.39 is 0 Å². The first kappa shape index (κ1) is 22.8. The number of nitrogens with one attached hydrogen (secondary N) is 1. The number of hydrogen-bond acceptors (Lipinski definition) is 2. The van der Waals surface area contributed by atoms with Gasteiger partial charge in [0.15, 0.2) is 5.43 Å². The van der Waals surface area contributed by atoms with Gasteiger partial charge >= 0.3 is 0 Å². The lowest BCUT2D eigenvalue weighted by atomic mass is 10.0. The van der Waals surface area contributed by atoms with Crippen LogP contribution in [-0.4, -0.2) is 10.5 Å². The van der Waals surface area contributed by atoms with Gasteiger partial charge in [-0.15, -0.1) is 0 Å². The summed E-state index contributed by atoms with van der Waals surface area (Å²) >= 11 is 6.04. The number of carbonyl (C=O) groups is 1. The second-order valence-electron chi connectivity index (χ2n) is 7.91. The summed E-state index contributed by atoms with van der Waals surface area (Å²) in [6, 6.07) is 16.8. The van der Waals surface area contributed by atoms with E-state index in [0.717, 1.165) is 47.5 Å². The van der Waals surface area contributed by atoms with Crippen molar-refractivity contribution in [1.82, 2.24) is 4.57 Å². The summed E-state index contributed by atoms with van der Waals surface area (Å²) in [5, 5.41) is 3.63. The lowest BCUT2D eigenvalue weighted by Gasteiger charge is -2.21. The van der Waals surface area contributed by atoms with Crippen molar-refractivity contribution >= 4 is 23.2 Å². The Balaban J connectivity index is 2.05. The highest BCUT2D eigenvalue weighted by molar-refractivity contribution is 6.30. The monoisotopic (exact) mass is 436 g/mol. The van der Waals surface area contributed by atoms with Gasteiger partial charge in [0.05, 0.1) is 0 Å². The number of carbonyl (C=O) groups excluding carboxylic acids is 1. The van der Waals surface area contributed by atoms with Crippen molar-refractivity contribution in [1.29, 1.82) is 0 Å². The molecule has 3 aromatic rings. The number of rotatable bonds is 8. The van der Waals surface area contributed by atoms with E-state index in [9.17, 15) is 9.59 Å². The quantitative estimate of drug-likeness (QED) is 0.430. The van der Waals surface area contributed by atoms with Crippen LogP contribution in [0.5, 0.6) is 0 Å². The molecule has 0 fully saturated rings. The average molecular weight is 437 g/mol. The fraction of sp³-hybridized carbons (Fsp3) is 0.308. The molecule has 0 radical (unpaired) electrons. The van der Waals surface area contributed by atoms with E-state index >= 15 is 0 Å². The SMILES string of the molecule is CCCCCc1c(C(=O)Nc2ccccc2C)c(=O)cc(C)n1Cc1ccc(Cl)cc1. The fourth-order valence-electron chi connectivity index (χ4n) is 3.77. The standard InChI is InChI=1S/C26H29ClN2O2/c1-4-5-6-11-23-25(26(31)28-22-10-8-7-9-18(22)2)24(30)16-19(3)29(23)17-20-12-14-21(27)15-13-20/h7-10,12-16H,4-6,11,17H2,1-3H3,(H,28,31). The van der Waals surface area contributed by atoms with Crippen LogP contribution in [0.4, 0.5) is 5.69 Å². The normalized spacial score (nSPS) is 10.8. The van der Waals surface area contributed by atoms with Gasteiger partial charge in [-0.25, -0.2) is 0 Å². The third-order valence-electron chi connectivity index (χ3n) is 5.52. The van der Waals surface area contributed by atoms with Gasteiger partial charge in [-0.1, -0.05) is 61.7 Å². The summed E-state index contributed by atoms with van der Waals surface area (Å²) in [4.78, 5) is 26.2. The Bertz CT molecular complexity index is 1120. The summed E-state index contributed by atoms with van der Waals surface area (Å²) in [6.45, 7) is 6.58. The molecule has 0 saturated heterocycles. The molecule has 2 aromatic carbocycles. The molecule has 0 saturated carbocycles. The number of halogens is 1. The van der Waals surface area contributed by atoms with Crippen molar-refractivity contribution in [2.75, 3.05) is 5.32 Å². The van der Waals surface area contributed by atoms with E-state index in [4.69, 9.17) is 11.6 Å². The van der Waals surface area contributed by atoms with Crippen LogP contribution in [-0.2, 0) is 13.0 Å². The predicted octanol–water partition coefficient (Wildman–Crippen LogP) is 6.15. The van der Waals surface area contributed by atoms with Gasteiger partial charge in [0.2, 0.25) is 0 Å². The molecule has 0 atom stereocenters. The molecular formula is C26H29ClN2O2. The summed E-state index contributed by atoms with van der Waals surface area (Å²) in [7, 11) is 0. The number of unbranched alkanes of at least 4 members (excludes halogenated alkanes) is 2. The molecule has 0 bridgehead atoms. The number of para-hydroxylation sites is 1. The van der Waals surface area contributed by atoms with Gasteiger partial charge in [-0.2, -0.15) is 0 Å². The fourth-order valence-corrected chi connectivity index (χ4v) is 3.89. The lowest BCUT2D eigenvalue weighted by Crippen LogP contribution is -2.29. The minimum Gasteiger partial charge on any atom is -0.343 e. The minimum atomic E-state index is -0.351. The Morgan fingerprint density at radius 2 is 1.74 bits per heavy atom. The van der Waals surface area contributed by atoms with E-state index in [-0.39, 0.29) is 16.9 Å². The first-order chi connectivity index (χ1) is 14.9. The van der Waals surface area contributed by atoms with Crippen molar-refractivity contribution in [3.63, 3.8) is 0 Å². The van der Waals surface area contributed by atoms with Crippen molar-refractivity contribution in [2.45, 2.75) is 53.0 Å². The molecule has 4 nitrogen and oxygen atoms in total. The van der Waals surface area contributed by atoms with E-state index in [1.165, 1.54) is 0 Å². The van der Waals surface area contributed by atoms with Crippen LogP contribution in [0.25, 0.3) is 0 Å². The first-order valence-corrected chi connectivity index (χ1v) is 11.1. The lowest BCUT2D eigenvalue weighted by molar-refractivity contribution is 0.102. The van der Waals surface area contributed by atoms with Crippen molar-refractivity contribution in [2.24, 2.45) is 0 Å². The third-order valence-corrected chi connectivity index (χ3v) is 5.77. The van der Waals surface area contributed by atoms with Crippen molar-refractivity contribution < 1.29 is 4.79 Å². The zero-order chi connectivity index (χ0) is 22.4. The molecule has 31 heavy (non-hydrogen) atoms. The Labute approximate surface area is 188 Å². The number of nitrogens with zero attached hydrogens (tertiary/aromatic N) is 1. The molecule has 0 aliphatic heterocycles. The van der Waals surface area contributed by atoms with Crippen LogP contribution in [0.2, 0.25) is 5.02 Å². The largest absolute Gasteiger partial charge is 0.343 e. The highest BCUT2D eigenvalue weighted by atomic mass is 35.5. The number of benzene rings is 2. The van der Waals surface area contributed by atoms with Crippen molar-refractivity contribution in [3.05, 3.63) is 97.9 Å². The van der Waals surface area contributed by atoms with Crippen LogP contribution in [0.3, 0.4) is 0 Å². The van der Waals surface area contributed by atoms with Crippen LogP contribution in [0.15, 0.2) is 59.4 Å². The molecule has 0 aliphatic rings. The van der Waals surface area contributed by atoms with Crippen LogP contribution >= 0.6 is 11.6 Å². The molecule has 162 valence electrons. The van der Waals surface area contributed by atoms with Crippen molar-refractivity contribution in [3.8, 4) is 0 Å². The van der Waals surface area contributed by atoms with E-state index in [1.807, 2.05) is 62.4 Å². The molecule has 1 heterocycles. The van der Waals surface area contributed by atoms with Gasteiger partial charge < -0.3 is 9.88 Å². The van der Waals surface area contributed by atoms with E-state index in [1.54, 1.807) is 6.07 Å². The zero-order valence-corrected chi connectivity index (χ0v) is 19.1. The number of aromatic nitrogens is 1. The van der Waals surface area contributed by atoms with Gasteiger partial charge in [-0.05, 0) is 56.0 Å². The average Bonchev–Trinajstić information content (AvgIpc) is 2.73. The summed E-state index contributed by atoms with van der Waals surface area (Å²) in [6.07, 6.45) is 3.71. The molecule has 0 unspecified atom stereocenters. The first-order valence-electron chi connectivity index (χ1n) is 10.8. The van der Waals surface area contributed by atoms with E-state index in [2.05, 4.69) is 16.8 Å². The van der Waals surface area contributed by atoms with Gasteiger partial charge in [0.1, 0.15) is 5.56 Å². The Kier molecular flexibility index (Phi) is 7.69. The molecule has 0 aliphatic carbocycles. The molecule has 0 spiro atoms. The van der Waals surface area contributed by atoms with Gasteiger partial charge in [-0.3, -0.25) is 9.59 Å². The zero-order valence-electron chi connectivity index (χ0n) is 18.4. The maximum atomic E-state index is 13.3. The second kappa shape index (κ2) is 10.5. The highest BCUT2D eigenvalue weighted by Gasteiger charge is 2.21. The molecule has 1 aromatic heterocycles. The maximum Gasteiger partial charge on any atom is 0.261 e. The maximum absolute atomic E-state index is 13.3. The number of aryl methyl sites for hydroxylation is 2. The molecule has 1 N–H and O–H groups in total. The number of anilines is 1. The topological polar surface area (TPSA) is 51.1 Å². The molecule has 3 rings (SSSR count). The highest BCUT2D eigenvalue weighted by Crippen LogP contribution is 2.20. The number of hydrogen-bond donors (Lipinski definition) is 1. The Morgan fingerprint density at radius 1 is 1.03 bits per heavy atom. The summed E-state index contributed by atoms with van der Waals surface area (Å²) in [5.41, 5.74) is 4.38. The number of amides is 1. The number of pyridine rings is 1. The third kappa shape index (κ3) is 5.65. The smallest absolute Gasteiger partial charge is 0.261 e. The van der Waals surface area contributed by atoms with Gasteiger partial charge in [0, 0.05) is 34.7 Å². The summed E-state index contributed by atoms with van der Waals surface area (Å²) in [5.74, 6) is -0.351. The minimum absolute atomic E-state index is 0.234. The van der Waals surface area contributed by atoms with Gasteiger partial charge in [0.25, 0.3) is 5.91 Å². The van der Waals surface area contributed by atoms with Crippen LogP contribution in [0, 0.1) is 13.8 Å². The van der Waals surface area contributed by atoms with E-state index in [0.29, 0.717) is 18.0 Å². The Morgan fingerprint density at radius 3 is 2.42 bits per heavy atom. The summed E-state index contributed by atoms with van der Waals surface area (Å²) < 4.78 is 2.09. The predicted molar refractivity (Wildman–Crippen MR) is 128 cm³/mol. The second-order valence-corrected chi connectivity index (χ2v) is 8.35. The molecule has 1 amide bonds.